The summed E-state index contributed by atoms with van der Waals surface area (Å²) in [5.74, 6) is -0.169. The van der Waals surface area contributed by atoms with Gasteiger partial charge in [-0.05, 0) is 52.6 Å². The van der Waals surface area contributed by atoms with Crippen molar-refractivity contribution in [2.45, 2.75) is 31.6 Å². The van der Waals surface area contributed by atoms with Crippen molar-refractivity contribution in [3.05, 3.63) is 136 Å². The van der Waals surface area contributed by atoms with Crippen molar-refractivity contribution >= 4 is 28.4 Å². The van der Waals surface area contributed by atoms with E-state index in [1.54, 1.807) is 13.2 Å². The second-order valence-electron chi connectivity index (χ2n) is 9.83. The quantitative estimate of drug-likeness (QED) is 0.192. The number of methoxy groups -OCH3 is 1. The summed E-state index contributed by atoms with van der Waals surface area (Å²) < 4.78 is 48.9. The molecule has 0 aliphatic carbocycles. The van der Waals surface area contributed by atoms with Gasteiger partial charge in [0, 0.05) is 42.5 Å². The number of para-hydroxylation sites is 1. The average Bonchev–Trinajstić information content (AvgIpc) is 3.33. The molecule has 0 aliphatic heterocycles. The maximum atomic E-state index is 13.8. The Labute approximate surface area is 241 Å². The van der Waals surface area contributed by atoms with Gasteiger partial charge in [-0.25, -0.2) is 0 Å². The number of rotatable bonds is 9. The highest BCUT2D eigenvalue weighted by atomic mass is 35.5. The molecule has 5 rings (SSSR count). The normalized spacial score (nSPS) is 12.3. The van der Waals surface area contributed by atoms with Gasteiger partial charge in [0.25, 0.3) is 0 Å². The number of aromatic nitrogens is 1. The van der Waals surface area contributed by atoms with E-state index in [1.165, 1.54) is 6.07 Å². The third-order valence-electron chi connectivity index (χ3n) is 7.13. The van der Waals surface area contributed by atoms with Gasteiger partial charge in [-0.1, -0.05) is 78.3 Å². The van der Waals surface area contributed by atoms with Crippen LogP contribution in [0.25, 0.3) is 10.9 Å². The van der Waals surface area contributed by atoms with Crippen LogP contribution in [0.1, 0.15) is 40.2 Å². The topological polar surface area (TPSA) is 43.3 Å². The summed E-state index contributed by atoms with van der Waals surface area (Å²) in [5, 5.41) is 3.41. The molecule has 0 aliphatic rings. The molecular weight excluding hydrogens is 549 g/mol. The monoisotopic (exact) mass is 576 g/mol. The van der Waals surface area contributed by atoms with Crippen LogP contribution >= 0.6 is 11.6 Å². The van der Waals surface area contributed by atoms with Crippen LogP contribution in [0.3, 0.4) is 0 Å². The number of carbonyl (C=O) groups excluding carboxylic acids is 1. The van der Waals surface area contributed by atoms with Gasteiger partial charge < -0.3 is 14.6 Å². The summed E-state index contributed by atoms with van der Waals surface area (Å²) in [6, 6.07) is 28.8. The molecule has 0 saturated heterocycles. The maximum absolute atomic E-state index is 13.8. The van der Waals surface area contributed by atoms with Gasteiger partial charge in [-0.2, -0.15) is 13.2 Å². The number of hydrogen-bond acceptors (Lipinski definition) is 2. The molecule has 1 N–H and O–H groups in total. The smallest absolute Gasteiger partial charge is 0.417 e. The van der Waals surface area contributed by atoms with Crippen LogP contribution in [0.4, 0.5) is 13.2 Å². The van der Waals surface area contributed by atoms with Crippen LogP contribution in [0.5, 0.6) is 5.75 Å². The predicted octanol–water partition coefficient (Wildman–Crippen LogP) is 8.21. The molecule has 8 heteroatoms. The summed E-state index contributed by atoms with van der Waals surface area (Å²) >= 11 is 5.95. The molecule has 0 bridgehead atoms. The van der Waals surface area contributed by atoms with Crippen LogP contribution in [-0.2, 0) is 24.1 Å². The minimum absolute atomic E-state index is 0.0394. The van der Waals surface area contributed by atoms with Gasteiger partial charge in [0.2, 0.25) is 5.91 Å². The second-order valence-corrected chi connectivity index (χ2v) is 10.2. The van der Waals surface area contributed by atoms with Crippen LogP contribution in [-0.4, -0.2) is 17.6 Å². The van der Waals surface area contributed by atoms with Crippen LogP contribution in [0.15, 0.2) is 103 Å². The zero-order valence-corrected chi connectivity index (χ0v) is 23.0. The van der Waals surface area contributed by atoms with E-state index < -0.39 is 17.7 Å². The van der Waals surface area contributed by atoms with Gasteiger partial charge in [0.15, 0.2) is 0 Å². The lowest BCUT2D eigenvalue weighted by Gasteiger charge is -2.19. The molecule has 210 valence electrons. The molecule has 1 aromatic heterocycles. The summed E-state index contributed by atoms with van der Waals surface area (Å²) in [6.07, 6.45) is -2.73. The van der Waals surface area contributed by atoms with E-state index in [4.69, 9.17) is 16.3 Å². The Morgan fingerprint density at radius 1 is 0.927 bits per heavy atom. The molecule has 0 spiro atoms. The SMILES string of the molecule is COc1ccc(Cn2cc(C(CC(=O)NCc3ccccc3)c3ccc(Cl)c(C(F)(F)F)c3)c3ccccc32)cc1. The minimum atomic E-state index is -4.63. The third kappa shape index (κ3) is 6.57. The number of carbonyl (C=O) groups is 1. The molecule has 1 heterocycles. The fourth-order valence-electron chi connectivity index (χ4n) is 5.05. The maximum Gasteiger partial charge on any atom is 0.417 e. The van der Waals surface area contributed by atoms with Crippen molar-refractivity contribution < 1.29 is 22.7 Å². The lowest BCUT2D eigenvalue weighted by Crippen LogP contribution is -2.25. The molecule has 4 aromatic carbocycles. The van der Waals surface area contributed by atoms with E-state index >= 15 is 0 Å². The van der Waals surface area contributed by atoms with Crippen molar-refractivity contribution in [3.63, 3.8) is 0 Å². The van der Waals surface area contributed by atoms with Crippen molar-refractivity contribution in [1.82, 2.24) is 9.88 Å². The first kappa shape index (κ1) is 28.3. The van der Waals surface area contributed by atoms with E-state index in [9.17, 15) is 18.0 Å². The van der Waals surface area contributed by atoms with E-state index in [2.05, 4.69) is 9.88 Å². The Kier molecular flexibility index (Phi) is 8.36. The number of alkyl halides is 3. The van der Waals surface area contributed by atoms with E-state index in [-0.39, 0.29) is 17.4 Å². The molecular formula is C33H28ClF3N2O2. The fraction of sp³-hybridized carbons (Fsp3) is 0.182. The molecule has 1 atom stereocenters. The number of nitrogens with one attached hydrogen (secondary N) is 1. The highest BCUT2D eigenvalue weighted by molar-refractivity contribution is 6.31. The first-order chi connectivity index (χ1) is 19.7. The Morgan fingerprint density at radius 2 is 1.63 bits per heavy atom. The van der Waals surface area contributed by atoms with E-state index in [0.717, 1.165) is 39.4 Å². The summed E-state index contributed by atoms with van der Waals surface area (Å²) in [6.45, 7) is 0.853. The minimum Gasteiger partial charge on any atom is -0.497 e. The van der Waals surface area contributed by atoms with Gasteiger partial charge in [-0.3, -0.25) is 4.79 Å². The summed E-state index contributed by atoms with van der Waals surface area (Å²) in [5.41, 5.74) is 3.08. The standard InChI is InChI=1S/C33H28ClF3N2O2/c1-41-25-14-11-23(12-15-25)20-39-21-28(26-9-5-6-10-31(26)39)27(18-32(40)38-19-22-7-3-2-4-8-22)24-13-16-30(34)29(17-24)33(35,36)37/h2-17,21,27H,18-20H2,1H3,(H,38,40). The molecule has 0 fully saturated rings. The Balaban J connectivity index is 1.55. The molecule has 1 amide bonds. The largest absolute Gasteiger partial charge is 0.497 e. The van der Waals surface area contributed by atoms with Crippen LogP contribution < -0.4 is 10.1 Å². The number of fused-ring (bicyclic) bond motifs is 1. The first-order valence-electron chi connectivity index (χ1n) is 13.1. The number of halogens is 4. The Morgan fingerprint density at radius 3 is 2.34 bits per heavy atom. The molecule has 5 aromatic rings. The number of benzene rings is 4. The van der Waals surface area contributed by atoms with Gasteiger partial charge in [0.1, 0.15) is 5.75 Å². The number of ether oxygens (including phenoxy) is 1. The van der Waals surface area contributed by atoms with Gasteiger partial charge in [0.05, 0.1) is 17.7 Å². The van der Waals surface area contributed by atoms with Crippen molar-refractivity contribution in [1.29, 1.82) is 0 Å². The number of hydrogen-bond donors (Lipinski definition) is 1. The van der Waals surface area contributed by atoms with Gasteiger partial charge in [-0.15, -0.1) is 0 Å². The van der Waals surface area contributed by atoms with Gasteiger partial charge >= 0.3 is 6.18 Å². The zero-order chi connectivity index (χ0) is 29.0. The highest BCUT2D eigenvalue weighted by Gasteiger charge is 2.34. The Bertz CT molecular complexity index is 1650. The molecule has 4 nitrogen and oxygen atoms in total. The molecule has 0 radical (unpaired) electrons. The highest BCUT2D eigenvalue weighted by Crippen LogP contribution is 2.40. The van der Waals surface area contributed by atoms with Crippen molar-refractivity contribution in [2.75, 3.05) is 7.11 Å². The van der Waals surface area contributed by atoms with Crippen LogP contribution in [0, 0.1) is 0 Å². The van der Waals surface area contributed by atoms with E-state index in [0.29, 0.717) is 18.7 Å². The van der Waals surface area contributed by atoms with E-state index in [1.807, 2.05) is 85.1 Å². The first-order valence-corrected chi connectivity index (χ1v) is 13.5. The average molecular weight is 577 g/mol. The third-order valence-corrected chi connectivity index (χ3v) is 7.46. The number of amides is 1. The van der Waals surface area contributed by atoms with Crippen LogP contribution in [0.2, 0.25) is 5.02 Å². The lowest BCUT2D eigenvalue weighted by molar-refractivity contribution is -0.137. The lowest BCUT2D eigenvalue weighted by atomic mass is 9.87. The summed E-state index contributed by atoms with van der Waals surface area (Å²) in [4.78, 5) is 13.2. The zero-order valence-electron chi connectivity index (χ0n) is 22.3. The van der Waals surface area contributed by atoms with Crippen molar-refractivity contribution in [2.24, 2.45) is 0 Å². The number of nitrogens with zero attached hydrogens (tertiary/aromatic N) is 1. The second kappa shape index (κ2) is 12.1. The fourth-order valence-corrected chi connectivity index (χ4v) is 5.27. The predicted molar refractivity (Wildman–Crippen MR) is 155 cm³/mol. The molecule has 1 unspecified atom stereocenters. The molecule has 0 saturated carbocycles. The molecule has 41 heavy (non-hydrogen) atoms. The Hall–Kier alpha value is -4.23. The summed E-state index contributed by atoms with van der Waals surface area (Å²) in [7, 11) is 1.61. The van der Waals surface area contributed by atoms with Crippen molar-refractivity contribution in [3.8, 4) is 5.75 Å².